The average molecular weight is 234 g/mol. The normalized spacial score (nSPS) is 28.3. The van der Waals surface area contributed by atoms with E-state index in [4.69, 9.17) is 0 Å². The number of rotatable bonds is 4. The van der Waals surface area contributed by atoms with Crippen LogP contribution in [-0.4, -0.2) is 30.6 Å². The van der Waals surface area contributed by atoms with Gasteiger partial charge in [0.05, 0.1) is 17.1 Å². The van der Waals surface area contributed by atoms with Crippen molar-refractivity contribution in [2.75, 3.05) is 5.75 Å². The molecule has 1 N–H and O–H groups in total. The van der Waals surface area contributed by atoms with Crippen molar-refractivity contribution in [3.05, 3.63) is 0 Å². The van der Waals surface area contributed by atoms with Crippen molar-refractivity contribution in [3.63, 3.8) is 0 Å². The van der Waals surface area contributed by atoms with Gasteiger partial charge in [-0.05, 0) is 39.0 Å². The minimum Gasteiger partial charge on any atom is -0.393 e. The molecule has 4 heteroatoms. The monoisotopic (exact) mass is 234 g/mol. The molecule has 1 aliphatic carbocycles. The number of hydrogen-bond donors (Lipinski definition) is 1. The second-order valence-electron chi connectivity index (χ2n) is 4.82. The zero-order valence-corrected chi connectivity index (χ0v) is 10.5. The topological polar surface area (TPSA) is 54.4 Å². The summed E-state index contributed by atoms with van der Waals surface area (Å²) in [4.78, 5) is 0. The van der Waals surface area contributed by atoms with Gasteiger partial charge in [-0.1, -0.05) is 12.8 Å². The fourth-order valence-electron chi connectivity index (χ4n) is 2.08. The maximum Gasteiger partial charge on any atom is 0.152 e. The van der Waals surface area contributed by atoms with Crippen molar-refractivity contribution in [1.82, 2.24) is 0 Å². The molecule has 0 saturated heterocycles. The molecular formula is C11H22O3S. The van der Waals surface area contributed by atoms with Crippen LogP contribution in [0.2, 0.25) is 0 Å². The molecule has 3 nitrogen and oxygen atoms in total. The van der Waals surface area contributed by atoms with Gasteiger partial charge in [-0.15, -0.1) is 0 Å². The Balaban J connectivity index is 2.42. The first kappa shape index (κ1) is 13.0. The van der Waals surface area contributed by atoms with Gasteiger partial charge in [0.25, 0.3) is 0 Å². The van der Waals surface area contributed by atoms with E-state index in [0.717, 1.165) is 25.7 Å². The van der Waals surface area contributed by atoms with Gasteiger partial charge >= 0.3 is 0 Å². The van der Waals surface area contributed by atoms with Crippen molar-refractivity contribution in [3.8, 4) is 0 Å². The molecular weight excluding hydrogens is 212 g/mol. The van der Waals surface area contributed by atoms with Crippen LogP contribution in [0.3, 0.4) is 0 Å². The van der Waals surface area contributed by atoms with E-state index in [1.54, 1.807) is 13.8 Å². The summed E-state index contributed by atoms with van der Waals surface area (Å²) in [5.74, 6) is 0.430. The van der Waals surface area contributed by atoms with Gasteiger partial charge in [0.2, 0.25) is 0 Å². The van der Waals surface area contributed by atoms with Crippen LogP contribution in [0.4, 0.5) is 0 Å². The molecule has 0 bridgehead atoms. The first-order valence-corrected chi connectivity index (χ1v) is 7.54. The van der Waals surface area contributed by atoms with E-state index in [1.165, 1.54) is 0 Å². The third kappa shape index (κ3) is 3.76. The number of aliphatic hydroxyl groups excluding tert-OH is 1. The highest BCUT2D eigenvalue weighted by Crippen LogP contribution is 2.27. The Bertz CT molecular complexity index is 282. The Morgan fingerprint density at radius 2 is 1.87 bits per heavy atom. The van der Waals surface area contributed by atoms with Gasteiger partial charge < -0.3 is 5.11 Å². The molecule has 15 heavy (non-hydrogen) atoms. The van der Waals surface area contributed by atoms with Crippen LogP contribution in [0.15, 0.2) is 0 Å². The van der Waals surface area contributed by atoms with Crippen molar-refractivity contribution < 1.29 is 13.5 Å². The molecule has 0 heterocycles. The van der Waals surface area contributed by atoms with Crippen molar-refractivity contribution in [2.45, 2.75) is 57.3 Å². The lowest BCUT2D eigenvalue weighted by Gasteiger charge is -2.27. The molecule has 0 aromatic carbocycles. The standard InChI is InChI=1S/C11H22O3S/c1-9(2)15(13,14)8-7-10-5-3-4-6-11(10)12/h9-12H,3-8H2,1-2H3. The fraction of sp³-hybridized carbons (Fsp3) is 1.00. The van der Waals surface area contributed by atoms with E-state index >= 15 is 0 Å². The van der Waals surface area contributed by atoms with Crippen LogP contribution in [-0.2, 0) is 9.84 Å². The molecule has 0 amide bonds. The van der Waals surface area contributed by atoms with Crippen LogP contribution in [0, 0.1) is 5.92 Å². The quantitative estimate of drug-likeness (QED) is 0.806. The Morgan fingerprint density at radius 3 is 2.40 bits per heavy atom. The Kier molecular flexibility index (Phi) is 4.59. The van der Waals surface area contributed by atoms with E-state index in [1.807, 2.05) is 0 Å². The molecule has 0 aliphatic heterocycles. The Morgan fingerprint density at radius 1 is 1.27 bits per heavy atom. The van der Waals surface area contributed by atoms with E-state index in [9.17, 15) is 13.5 Å². The second kappa shape index (κ2) is 5.30. The summed E-state index contributed by atoms with van der Waals surface area (Å²) in [7, 11) is -2.93. The SMILES string of the molecule is CC(C)S(=O)(=O)CCC1CCCCC1O. The first-order valence-electron chi connectivity index (χ1n) is 5.83. The van der Waals surface area contributed by atoms with Gasteiger partial charge in [0, 0.05) is 0 Å². The van der Waals surface area contributed by atoms with E-state index in [-0.39, 0.29) is 23.0 Å². The maximum atomic E-state index is 11.6. The molecule has 0 spiro atoms. The number of hydrogen-bond acceptors (Lipinski definition) is 3. The zero-order chi connectivity index (χ0) is 11.5. The summed E-state index contributed by atoms with van der Waals surface area (Å²) in [6.07, 6.45) is 4.38. The third-order valence-electron chi connectivity index (χ3n) is 3.36. The molecule has 1 fully saturated rings. The molecule has 90 valence electrons. The van der Waals surface area contributed by atoms with Crippen molar-refractivity contribution in [1.29, 1.82) is 0 Å². The summed E-state index contributed by atoms with van der Waals surface area (Å²) in [6, 6.07) is 0. The predicted octanol–water partition coefficient (Wildman–Crippen LogP) is 1.75. The number of aliphatic hydroxyl groups is 1. The first-order chi connectivity index (χ1) is 6.93. The summed E-state index contributed by atoms with van der Waals surface area (Å²) < 4.78 is 23.2. The second-order valence-corrected chi connectivity index (χ2v) is 7.49. The van der Waals surface area contributed by atoms with Gasteiger partial charge in [-0.3, -0.25) is 0 Å². The van der Waals surface area contributed by atoms with Crippen LogP contribution in [0.25, 0.3) is 0 Å². The van der Waals surface area contributed by atoms with E-state index in [2.05, 4.69) is 0 Å². The number of sulfone groups is 1. The van der Waals surface area contributed by atoms with Gasteiger partial charge in [-0.25, -0.2) is 8.42 Å². The molecule has 2 unspecified atom stereocenters. The van der Waals surface area contributed by atoms with Crippen LogP contribution in [0.5, 0.6) is 0 Å². The molecule has 1 rings (SSSR count). The van der Waals surface area contributed by atoms with Crippen LogP contribution in [0.1, 0.15) is 46.0 Å². The van der Waals surface area contributed by atoms with E-state index < -0.39 is 9.84 Å². The highest BCUT2D eigenvalue weighted by Gasteiger charge is 2.25. The predicted molar refractivity (Wildman–Crippen MR) is 61.5 cm³/mol. The highest BCUT2D eigenvalue weighted by molar-refractivity contribution is 7.91. The lowest BCUT2D eigenvalue weighted by Crippen LogP contribution is -2.28. The summed E-state index contributed by atoms with van der Waals surface area (Å²) in [5.41, 5.74) is 0. The van der Waals surface area contributed by atoms with Gasteiger partial charge in [0.1, 0.15) is 0 Å². The van der Waals surface area contributed by atoms with Gasteiger partial charge in [0.15, 0.2) is 9.84 Å². The minimum absolute atomic E-state index is 0.201. The lowest BCUT2D eigenvalue weighted by atomic mass is 9.85. The molecule has 2 atom stereocenters. The molecule has 0 aromatic rings. The summed E-state index contributed by atoms with van der Waals surface area (Å²) in [6.45, 7) is 3.43. The molecule has 0 aromatic heterocycles. The molecule has 0 radical (unpaired) electrons. The minimum atomic E-state index is -2.93. The summed E-state index contributed by atoms with van der Waals surface area (Å²) >= 11 is 0. The largest absolute Gasteiger partial charge is 0.393 e. The fourth-order valence-corrected chi connectivity index (χ4v) is 3.18. The van der Waals surface area contributed by atoms with E-state index in [0.29, 0.717) is 6.42 Å². The van der Waals surface area contributed by atoms with Gasteiger partial charge in [-0.2, -0.15) is 0 Å². The van der Waals surface area contributed by atoms with Crippen molar-refractivity contribution in [2.24, 2.45) is 5.92 Å². The smallest absolute Gasteiger partial charge is 0.152 e. The van der Waals surface area contributed by atoms with Crippen LogP contribution < -0.4 is 0 Å². The maximum absolute atomic E-state index is 11.6. The summed E-state index contributed by atoms with van der Waals surface area (Å²) in [5, 5.41) is 9.42. The Labute approximate surface area is 92.8 Å². The van der Waals surface area contributed by atoms with Crippen LogP contribution >= 0.6 is 0 Å². The third-order valence-corrected chi connectivity index (χ3v) is 5.60. The lowest BCUT2D eigenvalue weighted by molar-refractivity contribution is 0.0683. The van der Waals surface area contributed by atoms with Crippen molar-refractivity contribution >= 4 is 9.84 Å². The molecule has 1 saturated carbocycles. The average Bonchev–Trinajstić information content (AvgIpc) is 2.16. The highest BCUT2D eigenvalue weighted by atomic mass is 32.2. The molecule has 1 aliphatic rings. The Hall–Kier alpha value is -0.0900. The zero-order valence-electron chi connectivity index (χ0n) is 9.65.